The minimum absolute atomic E-state index is 0.0516. The number of hydrogen-bond acceptors (Lipinski definition) is 5. The van der Waals surface area contributed by atoms with Gasteiger partial charge < -0.3 is 14.6 Å². The fraction of sp³-hybridized carbons (Fsp3) is 0.227. The monoisotopic (exact) mass is 446 g/mol. The van der Waals surface area contributed by atoms with Crippen molar-refractivity contribution < 1.29 is 19.4 Å². The van der Waals surface area contributed by atoms with Crippen LogP contribution in [0.5, 0.6) is 6.01 Å². The number of aromatic nitrogens is 2. The zero-order valence-electron chi connectivity index (χ0n) is 16.6. The first-order valence-corrected chi connectivity index (χ1v) is 9.81. The summed E-state index contributed by atoms with van der Waals surface area (Å²) in [4.78, 5) is 20.9. The molecule has 0 aliphatic heterocycles. The van der Waals surface area contributed by atoms with Crippen LogP contribution in [-0.2, 0) is 15.1 Å². The van der Waals surface area contributed by atoms with Gasteiger partial charge in [-0.25, -0.2) is 14.8 Å². The Morgan fingerprint density at radius 3 is 1.73 bits per heavy atom. The van der Waals surface area contributed by atoms with Crippen molar-refractivity contribution in [2.24, 2.45) is 0 Å². The molecule has 0 fully saturated rings. The summed E-state index contributed by atoms with van der Waals surface area (Å²) in [6, 6.07) is 15.1. The van der Waals surface area contributed by atoms with Crippen molar-refractivity contribution in [1.82, 2.24) is 9.97 Å². The van der Waals surface area contributed by atoms with Gasteiger partial charge in [-0.05, 0) is 55.3 Å². The number of nitrogens with zero attached hydrogens (tertiary/aromatic N) is 2. The standard InChI is InChI=1S/C22H20Cl2N2O4/c1-13-12-14(2)26-21(25-13)30-19(20(27)28)22(29-3,15-4-8-17(23)9-5-15)16-6-10-18(24)11-7-16/h4-12,19H,1-3H3,(H,27,28)/t19-/m1/s1. The number of ether oxygens (including phenoxy) is 2. The van der Waals surface area contributed by atoms with Gasteiger partial charge in [-0.3, -0.25) is 0 Å². The molecule has 0 saturated heterocycles. The lowest BCUT2D eigenvalue weighted by Gasteiger charge is -2.37. The second-order valence-corrected chi connectivity index (χ2v) is 7.60. The smallest absolute Gasteiger partial charge is 0.348 e. The molecule has 8 heteroatoms. The topological polar surface area (TPSA) is 81.5 Å². The first-order chi connectivity index (χ1) is 14.3. The number of rotatable bonds is 7. The number of carboxylic acids is 1. The zero-order valence-corrected chi connectivity index (χ0v) is 18.1. The van der Waals surface area contributed by atoms with Gasteiger partial charge in [-0.1, -0.05) is 47.5 Å². The van der Waals surface area contributed by atoms with Crippen LogP contribution in [0.2, 0.25) is 10.0 Å². The molecular formula is C22H20Cl2N2O4. The van der Waals surface area contributed by atoms with E-state index in [0.29, 0.717) is 32.6 Å². The van der Waals surface area contributed by atoms with Gasteiger partial charge in [0, 0.05) is 28.5 Å². The normalized spacial score (nSPS) is 12.4. The van der Waals surface area contributed by atoms with E-state index in [4.69, 9.17) is 32.7 Å². The third kappa shape index (κ3) is 4.41. The van der Waals surface area contributed by atoms with Gasteiger partial charge in [0.2, 0.25) is 6.10 Å². The van der Waals surface area contributed by atoms with E-state index in [1.807, 2.05) is 0 Å². The Kier molecular flexibility index (Phi) is 6.61. The molecule has 0 bridgehead atoms. The van der Waals surface area contributed by atoms with Gasteiger partial charge in [0.05, 0.1) is 0 Å². The Balaban J connectivity index is 2.22. The summed E-state index contributed by atoms with van der Waals surface area (Å²) in [7, 11) is 1.42. The van der Waals surface area contributed by atoms with Gasteiger partial charge in [-0.2, -0.15) is 0 Å². The summed E-state index contributed by atoms with van der Waals surface area (Å²) < 4.78 is 11.7. The highest BCUT2D eigenvalue weighted by molar-refractivity contribution is 6.30. The van der Waals surface area contributed by atoms with Crippen molar-refractivity contribution in [3.63, 3.8) is 0 Å². The molecule has 0 unspecified atom stereocenters. The molecule has 1 atom stereocenters. The summed E-state index contributed by atoms with van der Waals surface area (Å²) >= 11 is 12.1. The van der Waals surface area contributed by atoms with Crippen molar-refractivity contribution in [3.8, 4) is 6.01 Å². The number of carbonyl (C=O) groups is 1. The molecule has 3 aromatic rings. The highest BCUT2D eigenvalue weighted by atomic mass is 35.5. The van der Waals surface area contributed by atoms with Crippen molar-refractivity contribution in [1.29, 1.82) is 0 Å². The zero-order chi connectivity index (χ0) is 21.9. The highest BCUT2D eigenvalue weighted by Crippen LogP contribution is 2.39. The van der Waals surface area contributed by atoms with Crippen molar-refractivity contribution in [2.45, 2.75) is 25.6 Å². The van der Waals surface area contributed by atoms with E-state index in [2.05, 4.69) is 9.97 Å². The highest BCUT2D eigenvalue weighted by Gasteiger charge is 2.49. The lowest BCUT2D eigenvalue weighted by molar-refractivity contribution is -0.160. The van der Waals surface area contributed by atoms with E-state index < -0.39 is 17.7 Å². The molecule has 30 heavy (non-hydrogen) atoms. The Morgan fingerprint density at radius 2 is 1.37 bits per heavy atom. The van der Waals surface area contributed by atoms with Crippen molar-refractivity contribution in [3.05, 3.63) is 87.2 Å². The summed E-state index contributed by atoms with van der Waals surface area (Å²) in [5, 5.41) is 11.2. The Hall–Kier alpha value is -2.67. The molecule has 1 heterocycles. The van der Waals surface area contributed by atoms with Gasteiger partial charge in [-0.15, -0.1) is 0 Å². The molecule has 0 saturated carbocycles. The second-order valence-electron chi connectivity index (χ2n) is 6.72. The van der Waals surface area contributed by atoms with Crippen LogP contribution in [0.15, 0.2) is 54.6 Å². The molecule has 6 nitrogen and oxygen atoms in total. The fourth-order valence-corrected chi connectivity index (χ4v) is 3.62. The van der Waals surface area contributed by atoms with Gasteiger partial charge in [0.15, 0.2) is 5.60 Å². The van der Waals surface area contributed by atoms with Crippen LogP contribution in [0.3, 0.4) is 0 Å². The molecule has 0 spiro atoms. The molecule has 0 amide bonds. The summed E-state index contributed by atoms with van der Waals surface area (Å²) in [5.41, 5.74) is 0.856. The van der Waals surface area contributed by atoms with Crippen molar-refractivity contribution >= 4 is 29.2 Å². The number of hydrogen-bond donors (Lipinski definition) is 1. The SMILES string of the molecule is COC(c1ccc(Cl)cc1)(c1ccc(Cl)cc1)[C@H](Oc1nc(C)cc(C)n1)C(=O)O. The lowest BCUT2D eigenvalue weighted by atomic mass is 9.81. The maximum atomic E-state index is 12.4. The summed E-state index contributed by atoms with van der Waals surface area (Å²) in [6.45, 7) is 3.55. The molecule has 1 aromatic heterocycles. The minimum atomic E-state index is -1.53. The van der Waals surface area contributed by atoms with E-state index in [-0.39, 0.29) is 6.01 Å². The van der Waals surface area contributed by atoms with Gasteiger partial charge in [0.1, 0.15) is 0 Å². The van der Waals surface area contributed by atoms with E-state index in [9.17, 15) is 9.90 Å². The Bertz CT molecular complexity index is 974. The van der Waals surface area contributed by atoms with Crippen molar-refractivity contribution in [2.75, 3.05) is 7.11 Å². The first-order valence-electron chi connectivity index (χ1n) is 9.05. The van der Waals surface area contributed by atoms with Crippen LogP contribution in [0.1, 0.15) is 22.5 Å². The summed E-state index contributed by atoms with van der Waals surface area (Å²) in [6.07, 6.45) is -1.51. The molecule has 0 aliphatic carbocycles. The van der Waals surface area contributed by atoms with E-state index in [1.54, 1.807) is 68.4 Å². The number of methoxy groups -OCH3 is 1. The maximum absolute atomic E-state index is 12.4. The molecule has 156 valence electrons. The third-order valence-corrected chi connectivity index (χ3v) is 5.15. The number of carboxylic acid groups (broad SMARTS) is 1. The minimum Gasteiger partial charge on any atom is -0.478 e. The van der Waals surface area contributed by atoms with Gasteiger partial charge >= 0.3 is 12.0 Å². The molecule has 2 aromatic carbocycles. The Labute approximate surface area is 184 Å². The predicted molar refractivity (Wildman–Crippen MR) is 114 cm³/mol. The second kappa shape index (κ2) is 9.00. The van der Waals surface area contributed by atoms with Gasteiger partial charge in [0.25, 0.3) is 0 Å². The van der Waals surface area contributed by atoms with Crippen LogP contribution >= 0.6 is 23.2 Å². The molecule has 3 rings (SSSR count). The van der Waals surface area contributed by atoms with E-state index in [1.165, 1.54) is 7.11 Å². The van der Waals surface area contributed by atoms with Crippen LogP contribution < -0.4 is 4.74 Å². The average Bonchev–Trinajstić information content (AvgIpc) is 2.69. The number of halogens is 2. The largest absolute Gasteiger partial charge is 0.478 e. The molecule has 0 radical (unpaired) electrons. The van der Waals surface area contributed by atoms with Crippen LogP contribution in [0.4, 0.5) is 0 Å². The molecule has 0 aliphatic rings. The quantitative estimate of drug-likeness (QED) is 0.559. The number of aryl methyl sites for hydroxylation is 2. The molecular weight excluding hydrogens is 427 g/mol. The number of benzene rings is 2. The maximum Gasteiger partial charge on any atom is 0.348 e. The third-order valence-electron chi connectivity index (χ3n) is 4.65. The van der Waals surface area contributed by atoms with Crippen LogP contribution in [0.25, 0.3) is 0 Å². The van der Waals surface area contributed by atoms with Crippen LogP contribution in [0, 0.1) is 13.8 Å². The first kappa shape index (κ1) is 22.0. The fourth-order valence-electron chi connectivity index (χ4n) is 3.37. The number of aliphatic carboxylic acids is 1. The Morgan fingerprint density at radius 1 is 0.933 bits per heavy atom. The average molecular weight is 447 g/mol. The molecule has 1 N–H and O–H groups in total. The predicted octanol–water partition coefficient (Wildman–Crippen LogP) is 4.82. The van der Waals surface area contributed by atoms with Crippen LogP contribution in [-0.4, -0.2) is 34.3 Å². The van der Waals surface area contributed by atoms with E-state index in [0.717, 1.165) is 0 Å². The van der Waals surface area contributed by atoms with E-state index >= 15 is 0 Å². The summed E-state index contributed by atoms with van der Waals surface area (Å²) in [5.74, 6) is -1.25. The lowest BCUT2D eigenvalue weighted by Crippen LogP contribution is -2.50.